The Balaban J connectivity index is 1.39. The van der Waals surface area contributed by atoms with Crippen LogP contribution in [0.5, 0.6) is 5.75 Å². The van der Waals surface area contributed by atoms with Crippen molar-refractivity contribution in [3.8, 4) is 5.75 Å². The number of hydrogen-bond acceptors (Lipinski definition) is 4. The van der Waals surface area contributed by atoms with Gasteiger partial charge in [-0.2, -0.15) is 0 Å². The van der Waals surface area contributed by atoms with Crippen LogP contribution in [0.4, 0.5) is 0 Å². The molecular weight excluding hydrogens is 306 g/mol. The van der Waals surface area contributed by atoms with Gasteiger partial charge in [-0.1, -0.05) is 6.07 Å². The fraction of sp³-hybridized carbons (Fsp3) is 0.421. The first kappa shape index (κ1) is 15.4. The molecule has 0 unspecified atom stereocenters. The molecule has 24 heavy (non-hydrogen) atoms. The molecule has 4 rings (SSSR count). The number of rotatable bonds is 4. The molecule has 0 aliphatic heterocycles. The van der Waals surface area contributed by atoms with Crippen molar-refractivity contribution in [1.29, 1.82) is 0 Å². The largest absolute Gasteiger partial charge is 0.493 e. The molecular formula is C19H21NO4. The van der Waals surface area contributed by atoms with Crippen molar-refractivity contribution in [1.82, 2.24) is 4.57 Å². The molecule has 1 aromatic heterocycles. The van der Waals surface area contributed by atoms with Gasteiger partial charge in [0.15, 0.2) is 0 Å². The van der Waals surface area contributed by atoms with Crippen LogP contribution in [-0.4, -0.2) is 33.4 Å². The lowest BCUT2D eigenvalue weighted by Gasteiger charge is -2.25. The van der Waals surface area contributed by atoms with Gasteiger partial charge in [0.2, 0.25) is 0 Å². The zero-order valence-corrected chi connectivity index (χ0v) is 13.4. The molecule has 1 heterocycles. The molecule has 2 aliphatic rings. The number of benzene rings is 1. The van der Waals surface area contributed by atoms with Crippen LogP contribution in [0.15, 0.2) is 36.7 Å². The predicted molar refractivity (Wildman–Crippen MR) is 88.1 cm³/mol. The lowest BCUT2D eigenvalue weighted by molar-refractivity contribution is 0.0912. The summed E-state index contributed by atoms with van der Waals surface area (Å²) in [5.74, 6) is 1.03. The highest BCUT2D eigenvalue weighted by molar-refractivity contribution is 5.96. The van der Waals surface area contributed by atoms with E-state index in [9.17, 15) is 15.0 Å². The number of carbonyl (C=O) groups is 1. The number of nitrogens with zero attached hydrogens (tertiary/aromatic N) is 1. The summed E-state index contributed by atoms with van der Waals surface area (Å²) < 4.78 is 7.37. The van der Waals surface area contributed by atoms with E-state index in [2.05, 4.69) is 0 Å². The standard InChI is InChI=1S/C19H21NO4/c21-14-6-4-12(5-7-14)11-24-15-3-1-2-13(8-15)19(23)20-9-16-17(10-20)18(16)22/h1-3,8-10,12,14,18,21-22H,4-7,11H2. The summed E-state index contributed by atoms with van der Waals surface area (Å²) in [6.07, 6.45) is 6.39. The van der Waals surface area contributed by atoms with Crippen molar-refractivity contribution in [2.75, 3.05) is 6.61 Å². The molecule has 2 aromatic rings. The Morgan fingerprint density at radius 1 is 1.12 bits per heavy atom. The van der Waals surface area contributed by atoms with Crippen molar-refractivity contribution in [3.05, 3.63) is 53.3 Å². The molecule has 1 fully saturated rings. The quantitative estimate of drug-likeness (QED) is 0.905. The zero-order valence-electron chi connectivity index (χ0n) is 13.4. The highest BCUT2D eigenvalue weighted by atomic mass is 16.5. The van der Waals surface area contributed by atoms with E-state index in [0.717, 1.165) is 36.8 Å². The average Bonchev–Trinajstić information content (AvgIpc) is 3.01. The smallest absolute Gasteiger partial charge is 0.262 e. The summed E-state index contributed by atoms with van der Waals surface area (Å²) in [6, 6.07) is 7.21. The number of aromatic nitrogens is 1. The van der Waals surface area contributed by atoms with E-state index in [1.165, 1.54) is 4.57 Å². The van der Waals surface area contributed by atoms with E-state index in [4.69, 9.17) is 4.74 Å². The van der Waals surface area contributed by atoms with Gasteiger partial charge >= 0.3 is 0 Å². The Morgan fingerprint density at radius 3 is 2.54 bits per heavy atom. The molecule has 1 saturated carbocycles. The average molecular weight is 327 g/mol. The maximum atomic E-state index is 12.5. The number of ether oxygens (including phenoxy) is 1. The lowest BCUT2D eigenvalue weighted by atomic mass is 9.88. The van der Waals surface area contributed by atoms with Crippen LogP contribution < -0.4 is 4.74 Å². The number of fused-ring (bicyclic) bond motifs is 1. The molecule has 0 bridgehead atoms. The van der Waals surface area contributed by atoms with Crippen LogP contribution in [0, 0.1) is 5.92 Å². The van der Waals surface area contributed by atoms with Crippen LogP contribution in [-0.2, 0) is 0 Å². The Bertz CT molecular complexity index is 737. The van der Waals surface area contributed by atoms with Crippen LogP contribution in [0.2, 0.25) is 0 Å². The molecule has 0 atom stereocenters. The minimum Gasteiger partial charge on any atom is -0.493 e. The van der Waals surface area contributed by atoms with Gasteiger partial charge < -0.3 is 14.9 Å². The third-order valence-electron chi connectivity index (χ3n) is 5.01. The van der Waals surface area contributed by atoms with Crippen molar-refractivity contribution >= 4 is 5.91 Å². The molecule has 2 N–H and O–H groups in total. The number of aliphatic hydroxyl groups excluding tert-OH is 2. The monoisotopic (exact) mass is 327 g/mol. The second-order valence-corrected chi connectivity index (χ2v) is 6.80. The Hall–Kier alpha value is -2.11. The van der Waals surface area contributed by atoms with E-state index in [1.54, 1.807) is 24.5 Å². The highest BCUT2D eigenvalue weighted by Gasteiger charge is 2.33. The lowest BCUT2D eigenvalue weighted by Crippen LogP contribution is -2.22. The summed E-state index contributed by atoms with van der Waals surface area (Å²) in [5.41, 5.74) is 2.22. The summed E-state index contributed by atoms with van der Waals surface area (Å²) in [5, 5.41) is 19.0. The predicted octanol–water partition coefficient (Wildman–Crippen LogP) is 2.50. The third-order valence-corrected chi connectivity index (χ3v) is 5.01. The SMILES string of the molecule is O=C(c1cccc(OCC2CCC(O)CC2)c1)n1cc2c(c1)C2O. The maximum absolute atomic E-state index is 12.5. The zero-order chi connectivity index (χ0) is 16.7. The molecule has 0 radical (unpaired) electrons. The van der Waals surface area contributed by atoms with Crippen LogP contribution >= 0.6 is 0 Å². The van der Waals surface area contributed by atoms with E-state index >= 15 is 0 Å². The van der Waals surface area contributed by atoms with E-state index in [-0.39, 0.29) is 12.0 Å². The molecule has 5 heteroatoms. The molecule has 126 valence electrons. The van der Waals surface area contributed by atoms with E-state index in [0.29, 0.717) is 23.8 Å². The normalized spacial score (nSPS) is 22.9. The topological polar surface area (TPSA) is 71.7 Å². The fourth-order valence-electron chi connectivity index (χ4n) is 3.38. The summed E-state index contributed by atoms with van der Waals surface area (Å²) >= 11 is 0. The highest BCUT2D eigenvalue weighted by Crippen LogP contribution is 2.41. The Kier molecular flexibility index (Phi) is 3.90. The first-order valence-corrected chi connectivity index (χ1v) is 8.47. The Labute approximate surface area is 140 Å². The van der Waals surface area contributed by atoms with Gasteiger partial charge in [0.05, 0.1) is 12.7 Å². The molecule has 0 saturated heterocycles. The van der Waals surface area contributed by atoms with Crippen molar-refractivity contribution in [3.63, 3.8) is 0 Å². The van der Waals surface area contributed by atoms with Gasteiger partial charge in [-0.25, -0.2) is 0 Å². The van der Waals surface area contributed by atoms with Gasteiger partial charge in [-0.15, -0.1) is 0 Å². The summed E-state index contributed by atoms with van der Waals surface area (Å²) in [4.78, 5) is 12.5. The minimum absolute atomic E-state index is 0.124. The molecule has 1 aromatic carbocycles. The third kappa shape index (κ3) is 2.97. The number of carbonyl (C=O) groups excluding carboxylic acids is 1. The molecule has 0 amide bonds. The van der Waals surface area contributed by atoms with Crippen molar-refractivity contribution in [2.45, 2.75) is 37.9 Å². The maximum Gasteiger partial charge on any atom is 0.262 e. The summed E-state index contributed by atoms with van der Waals surface area (Å²) in [7, 11) is 0. The van der Waals surface area contributed by atoms with Gasteiger partial charge in [0, 0.05) is 29.1 Å². The van der Waals surface area contributed by atoms with Crippen molar-refractivity contribution < 1.29 is 19.7 Å². The second kappa shape index (κ2) is 6.07. The first-order chi connectivity index (χ1) is 11.6. The van der Waals surface area contributed by atoms with Crippen LogP contribution in [0.1, 0.15) is 53.3 Å². The number of hydrogen-bond donors (Lipinski definition) is 2. The van der Waals surface area contributed by atoms with Gasteiger partial charge in [0.1, 0.15) is 11.9 Å². The Morgan fingerprint density at radius 2 is 1.83 bits per heavy atom. The van der Waals surface area contributed by atoms with Gasteiger partial charge in [-0.05, 0) is 49.8 Å². The molecule has 0 spiro atoms. The van der Waals surface area contributed by atoms with Gasteiger partial charge in [0.25, 0.3) is 5.91 Å². The van der Waals surface area contributed by atoms with Crippen LogP contribution in [0.3, 0.4) is 0 Å². The summed E-state index contributed by atoms with van der Waals surface area (Å²) in [6.45, 7) is 0.619. The first-order valence-electron chi connectivity index (χ1n) is 8.47. The fourth-order valence-corrected chi connectivity index (χ4v) is 3.38. The van der Waals surface area contributed by atoms with Gasteiger partial charge in [-0.3, -0.25) is 9.36 Å². The van der Waals surface area contributed by atoms with Crippen molar-refractivity contribution in [2.24, 2.45) is 5.92 Å². The molecule has 5 nitrogen and oxygen atoms in total. The van der Waals surface area contributed by atoms with E-state index < -0.39 is 6.10 Å². The molecule has 2 aliphatic carbocycles. The van der Waals surface area contributed by atoms with Crippen LogP contribution in [0.25, 0.3) is 0 Å². The second-order valence-electron chi connectivity index (χ2n) is 6.80. The minimum atomic E-state index is -0.474. The number of aliphatic hydroxyl groups is 2. The van der Waals surface area contributed by atoms with E-state index in [1.807, 2.05) is 12.1 Å².